The Hall–Kier alpha value is -3.13. The van der Waals surface area contributed by atoms with Crippen molar-refractivity contribution >= 4 is 35.1 Å². The van der Waals surface area contributed by atoms with Crippen molar-refractivity contribution in [3.8, 4) is 0 Å². The van der Waals surface area contributed by atoms with Crippen molar-refractivity contribution in [2.75, 3.05) is 37.7 Å². The van der Waals surface area contributed by atoms with Crippen LogP contribution < -0.4 is 10.2 Å². The fourth-order valence-corrected chi connectivity index (χ4v) is 4.22. The molecule has 2 atom stereocenters. The Kier molecular flexibility index (Phi) is 6.60. The fourth-order valence-electron chi connectivity index (χ4n) is 4.02. The maximum Gasteiger partial charge on any atom is 0.321 e. The molecule has 2 aliphatic rings. The number of para-hydroxylation sites is 1. The normalized spacial score (nSPS) is 21.1. The number of nitrogens with one attached hydrogen (secondary N) is 1. The zero-order valence-corrected chi connectivity index (χ0v) is 18.4. The summed E-state index contributed by atoms with van der Waals surface area (Å²) in [6.07, 6.45) is 0. The number of rotatable bonds is 4. The first-order valence-corrected chi connectivity index (χ1v) is 10.9. The van der Waals surface area contributed by atoms with Crippen molar-refractivity contribution in [3.05, 3.63) is 64.9 Å². The third kappa shape index (κ3) is 4.55. The predicted octanol–water partition coefficient (Wildman–Crippen LogP) is 3.01. The molecule has 32 heavy (non-hydrogen) atoms. The molecule has 168 valence electrons. The Morgan fingerprint density at radius 1 is 1.16 bits per heavy atom. The maximum atomic E-state index is 14.1. The minimum Gasteiger partial charge on any atom is -0.465 e. The lowest BCUT2D eigenvalue weighted by Crippen LogP contribution is -2.57. The van der Waals surface area contributed by atoms with Gasteiger partial charge >= 0.3 is 5.97 Å². The number of amides is 1. The van der Waals surface area contributed by atoms with Crippen molar-refractivity contribution in [2.45, 2.75) is 13.0 Å². The van der Waals surface area contributed by atoms with Crippen LogP contribution in [0.5, 0.6) is 0 Å². The number of guanidine groups is 1. The smallest absolute Gasteiger partial charge is 0.321 e. The third-order valence-electron chi connectivity index (χ3n) is 5.60. The van der Waals surface area contributed by atoms with E-state index in [4.69, 9.17) is 21.3 Å². The molecule has 0 saturated carbocycles. The number of aliphatic imine (C=N–C) groups is 1. The average Bonchev–Trinajstić information content (AvgIpc) is 2.79. The van der Waals surface area contributed by atoms with Crippen molar-refractivity contribution in [1.29, 1.82) is 0 Å². The largest absolute Gasteiger partial charge is 0.465 e. The number of hydrogen-bond donors (Lipinski definition) is 1. The summed E-state index contributed by atoms with van der Waals surface area (Å²) in [7, 11) is 0. The third-order valence-corrected chi connectivity index (χ3v) is 5.83. The van der Waals surface area contributed by atoms with E-state index in [0.29, 0.717) is 48.4 Å². The second-order valence-corrected chi connectivity index (χ2v) is 8.03. The van der Waals surface area contributed by atoms with Crippen LogP contribution in [0.3, 0.4) is 0 Å². The number of halogens is 2. The highest BCUT2D eigenvalue weighted by Crippen LogP contribution is 2.32. The van der Waals surface area contributed by atoms with Gasteiger partial charge in [0.05, 0.1) is 12.3 Å². The Bertz CT molecular complexity index is 1040. The zero-order valence-electron chi connectivity index (χ0n) is 17.6. The second-order valence-electron chi connectivity index (χ2n) is 7.60. The van der Waals surface area contributed by atoms with E-state index in [1.165, 1.54) is 6.07 Å². The number of carbonyl (C=O) groups is 2. The fraction of sp³-hybridized carbons (Fsp3) is 0.348. The summed E-state index contributed by atoms with van der Waals surface area (Å²) in [5.41, 5.74) is 1.22. The summed E-state index contributed by atoms with van der Waals surface area (Å²) >= 11 is 6.15. The Labute approximate surface area is 190 Å². The number of carbonyl (C=O) groups excluding carboxylic acids is 2. The van der Waals surface area contributed by atoms with E-state index in [9.17, 15) is 14.0 Å². The molecule has 2 aliphatic heterocycles. The topological polar surface area (TPSA) is 74.2 Å². The van der Waals surface area contributed by atoms with Gasteiger partial charge < -0.3 is 14.5 Å². The van der Waals surface area contributed by atoms with Crippen molar-refractivity contribution < 1.29 is 18.7 Å². The molecule has 0 aliphatic carbocycles. The molecule has 7 nitrogen and oxygen atoms in total. The molecule has 1 fully saturated rings. The predicted molar refractivity (Wildman–Crippen MR) is 120 cm³/mol. The van der Waals surface area contributed by atoms with Crippen LogP contribution in [0.4, 0.5) is 10.1 Å². The molecule has 0 bridgehead atoms. The van der Waals surface area contributed by atoms with Crippen LogP contribution in [0.1, 0.15) is 18.5 Å². The van der Waals surface area contributed by atoms with Crippen LogP contribution in [-0.4, -0.2) is 55.5 Å². The molecule has 1 N–H and O–H groups in total. The van der Waals surface area contributed by atoms with E-state index < -0.39 is 23.8 Å². The van der Waals surface area contributed by atoms with Gasteiger partial charge in [-0.15, -0.1) is 0 Å². The van der Waals surface area contributed by atoms with Crippen LogP contribution in [0.2, 0.25) is 5.02 Å². The highest BCUT2D eigenvalue weighted by atomic mass is 35.5. The number of nitrogens with zero attached hydrogens (tertiary/aromatic N) is 3. The number of esters is 1. The molecular weight excluding hydrogens is 435 g/mol. The lowest BCUT2D eigenvalue weighted by atomic mass is 9.91. The zero-order chi connectivity index (χ0) is 22.7. The first-order chi connectivity index (χ1) is 15.5. The van der Waals surface area contributed by atoms with Gasteiger partial charge in [-0.25, -0.2) is 9.38 Å². The minimum absolute atomic E-state index is 0.166. The van der Waals surface area contributed by atoms with Crippen molar-refractivity contribution in [3.63, 3.8) is 0 Å². The molecule has 1 saturated heterocycles. The van der Waals surface area contributed by atoms with E-state index in [-0.39, 0.29) is 12.4 Å². The average molecular weight is 459 g/mol. The SMILES string of the molecule is CCOC(=O)[C@H]1C(=O)NC(N2CCN(c3ccccc3F)CC2)=N[C@@H]1c1cccc(Cl)c1. The standard InChI is InChI=1S/C23H24ClFN4O3/c1-2-32-22(31)19-20(15-6-5-7-16(24)14-15)26-23(27-21(19)30)29-12-10-28(11-13-29)18-9-4-3-8-17(18)25/h3-9,14,19-20H,2,10-13H2,1H3,(H,26,27,30)/t19-,20-/m1/s1. The molecule has 0 spiro atoms. The summed E-state index contributed by atoms with van der Waals surface area (Å²) in [6.45, 7) is 4.08. The number of piperazine rings is 1. The second kappa shape index (κ2) is 9.56. The Morgan fingerprint density at radius 3 is 2.56 bits per heavy atom. The van der Waals surface area contributed by atoms with Crippen molar-refractivity contribution in [1.82, 2.24) is 10.2 Å². The highest BCUT2D eigenvalue weighted by molar-refractivity contribution is 6.30. The van der Waals surface area contributed by atoms with Gasteiger partial charge in [0, 0.05) is 31.2 Å². The molecule has 0 aromatic heterocycles. The molecule has 2 heterocycles. The van der Waals surface area contributed by atoms with Crippen LogP contribution in [0, 0.1) is 11.7 Å². The summed E-state index contributed by atoms with van der Waals surface area (Å²) in [6, 6.07) is 12.9. The molecule has 1 amide bonds. The van der Waals surface area contributed by atoms with Crippen LogP contribution in [0.15, 0.2) is 53.5 Å². The molecule has 0 unspecified atom stereocenters. The lowest BCUT2D eigenvalue weighted by Gasteiger charge is -2.39. The number of hydrogen-bond acceptors (Lipinski definition) is 6. The maximum absolute atomic E-state index is 14.1. The van der Waals surface area contributed by atoms with Gasteiger partial charge in [-0.2, -0.15) is 0 Å². The van der Waals surface area contributed by atoms with Gasteiger partial charge in [0.15, 0.2) is 5.92 Å². The van der Waals surface area contributed by atoms with E-state index in [2.05, 4.69) is 5.32 Å². The van der Waals surface area contributed by atoms with Crippen LogP contribution in [-0.2, 0) is 14.3 Å². The highest BCUT2D eigenvalue weighted by Gasteiger charge is 2.42. The van der Waals surface area contributed by atoms with Gasteiger partial charge in [0.2, 0.25) is 11.9 Å². The number of ether oxygens (including phenoxy) is 1. The van der Waals surface area contributed by atoms with E-state index in [0.717, 1.165) is 0 Å². The Morgan fingerprint density at radius 2 is 1.88 bits per heavy atom. The van der Waals surface area contributed by atoms with Gasteiger partial charge in [-0.1, -0.05) is 35.9 Å². The van der Waals surface area contributed by atoms with Gasteiger partial charge in [-0.3, -0.25) is 14.9 Å². The molecule has 4 rings (SSSR count). The Balaban J connectivity index is 1.57. The first kappa shape index (κ1) is 22.1. The van der Waals surface area contributed by atoms with Gasteiger partial charge in [0.1, 0.15) is 11.9 Å². The minimum atomic E-state index is -1.10. The molecule has 2 aromatic carbocycles. The summed E-state index contributed by atoms with van der Waals surface area (Å²) in [4.78, 5) is 34.1. The summed E-state index contributed by atoms with van der Waals surface area (Å²) in [5.74, 6) is -2.05. The molecule has 9 heteroatoms. The molecule has 0 radical (unpaired) electrons. The van der Waals surface area contributed by atoms with E-state index >= 15 is 0 Å². The monoisotopic (exact) mass is 458 g/mol. The number of benzene rings is 2. The summed E-state index contributed by atoms with van der Waals surface area (Å²) in [5, 5.41) is 3.26. The van der Waals surface area contributed by atoms with E-state index in [1.807, 2.05) is 9.80 Å². The lowest BCUT2D eigenvalue weighted by molar-refractivity contribution is -0.153. The first-order valence-electron chi connectivity index (χ1n) is 10.5. The van der Waals surface area contributed by atoms with Gasteiger partial charge in [0.25, 0.3) is 0 Å². The van der Waals surface area contributed by atoms with Crippen molar-refractivity contribution in [2.24, 2.45) is 10.9 Å². The molecule has 2 aromatic rings. The molecular formula is C23H24ClFN4O3. The summed E-state index contributed by atoms with van der Waals surface area (Å²) < 4.78 is 19.3. The van der Waals surface area contributed by atoms with Crippen LogP contribution in [0.25, 0.3) is 0 Å². The van der Waals surface area contributed by atoms with E-state index in [1.54, 1.807) is 49.4 Å². The quantitative estimate of drug-likeness (QED) is 0.563. The number of anilines is 1. The van der Waals surface area contributed by atoms with Crippen LogP contribution >= 0.6 is 11.6 Å². The van der Waals surface area contributed by atoms with Gasteiger partial charge in [-0.05, 0) is 36.8 Å².